The molecule has 2 saturated carbocycles. The van der Waals surface area contributed by atoms with Crippen molar-refractivity contribution >= 4 is 23.2 Å². The van der Waals surface area contributed by atoms with Crippen LogP contribution in [0.3, 0.4) is 0 Å². The molecule has 0 spiro atoms. The second-order valence-electron chi connectivity index (χ2n) is 8.50. The summed E-state index contributed by atoms with van der Waals surface area (Å²) >= 11 is 6.01. The lowest BCUT2D eigenvalue weighted by Crippen LogP contribution is -2.51. The molecule has 0 atom stereocenters. The van der Waals surface area contributed by atoms with E-state index in [-0.39, 0.29) is 11.3 Å². The first-order valence-electron chi connectivity index (χ1n) is 9.76. The number of anilines is 1. The van der Waals surface area contributed by atoms with E-state index in [2.05, 4.69) is 23.2 Å². The van der Waals surface area contributed by atoms with Gasteiger partial charge < -0.3 is 10.2 Å². The Morgan fingerprint density at radius 3 is 2.42 bits per heavy atom. The number of nitriles is 1. The third kappa shape index (κ3) is 3.55. The molecule has 26 heavy (non-hydrogen) atoms. The van der Waals surface area contributed by atoms with Crippen LogP contribution in [0.1, 0.15) is 51.0 Å². The van der Waals surface area contributed by atoms with Crippen molar-refractivity contribution in [2.45, 2.75) is 51.5 Å². The van der Waals surface area contributed by atoms with Gasteiger partial charge in [0.15, 0.2) is 0 Å². The van der Waals surface area contributed by atoms with Gasteiger partial charge in [-0.25, -0.2) is 0 Å². The molecule has 2 aliphatic carbocycles. The van der Waals surface area contributed by atoms with Gasteiger partial charge in [-0.05, 0) is 68.6 Å². The van der Waals surface area contributed by atoms with Gasteiger partial charge in [-0.1, -0.05) is 18.5 Å². The molecule has 0 radical (unpaired) electrons. The van der Waals surface area contributed by atoms with E-state index in [1.165, 1.54) is 25.7 Å². The molecule has 3 aliphatic rings. The van der Waals surface area contributed by atoms with Gasteiger partial charge >= 0.3 is 0 Å². The van der Waals surface area contributed by atoms with Crippen LogP contribution in [0.15, 0.2) is 18.2 Å². The summed E-state index contributed by atoms with van der Waals surface area (Å²) in [5, 5.41) is 13.4. The lowest BCUT2D eigenvalue weighted by molar-refractivity contribution is -0.132. The number of carbonyl (C=O) groups excluding carboxylic acids is 1. The topological polar surface area (TPSA) is 56.1 Å². The molecule has 0 aromatic heterocycles. The molecule has 1 aromatic carbocycles. The maximum atomic E-state index is 13.0. The molecule has 1 aliphatic heterocycles. The standard InChI is InChI=1S/C21H26ClN3O/c1-21(20(26)24-19(14-2-3-14)15-4-5-15)8-10-25(11-9-21)18-7-6-17(22)12-16(18)13-23/h6-7,12,14-15,19H,2-5,8-11H2,1H3,(H,24,26). The van der Waals surface area contributed by atoms with Crippen LogP contribution in [0.25, 0.3) is 0 Å². The molecule has 4 nitrogen and oxygen atoms in total. The Hall–Kier alpha value is -1.73. The minimum absolute atomic E-state index is 0.234. The molecule has 5 heteroatoms. The average molecular weight is 372 g/mol. The van der Waals surface area contributed by atoms with Crippen LogP contribution in [0.2, 0.25) is 5.02 Å². The summed E-state index contributed by atoms with van der Waals surface area (Å²) in [7, 11) is 0. The summed E-state index contributed by atoms with van der Waals surface area (Å²) < 4.78 is 0. The van der Waals surface area contributed by atoms with Crippen LogP contribution < -0.4 is 10.2 Å². The first-order chi connectivity index (χ1) is 12.5. The van der Waals surface area contributed by atoms with Crippen LogP contribution in [0.4, 0.5) is 5.69 Å². The van der Waals surface area contributed by atoms with Crippen molar-refractivity contribution in [1.82, 2.24) is 5.32 Å². The molecule has 0 bridgehead atoms. The molecule has 138 valence electrons. The van der Waals surface area contributed by atoms with E-state index >= 15 is 0 Å². The zero-order valence-electron chi connectivity index (χ0n) is 15.3. The van der Waals surface area contributed by atoms with Crippen LogP contribution in [0, 0.1) is 28.6 Å². The quantitative estimate of drug-likeness (QED) is 0.846. The highest BCUT2D eigenvalue weighted by molar-refractivity contribution is 6.30. The monoisotopic (exact) mass is 371 g/mol. The Labute approximate surface area is 160 Å². The lowest BCUT2D eigenvalue weighted by Gasteiger charge is -2.40. The smallest absolute Gasteiger partial charge is 0.226 e. The predicted octanol–water partition coefficient (Wildman–Crippen LogP) is 4.12. The Bertz CT molecular complexity index is 728. The normalized spacial score (nSPS) is 22.2. The van der Waals surface area contributed by atoms with Gasteiger partial charge in [-0.15, -0.1) is 0 Å². The summed E-state index contributed by atoms with van der Waals surface area (Å²) in [6.45, 7) is 3.68. The number of rotatable bonds is 5. The predicted molar refractivity (Wildman–Crippen MR) is 103 cm³/mol. The summed E-state index contributed by atoms with van der Waals surface area (Å²) in [5.74, 6) is 1.68. The highest BCUT2D eigenvalue weighted by Gasteiger charge is 2.45. The molecule has 1 saturated heterocycles. The zero-order valence-corrected chi connectivity index (χ0v) is 16.1. The average Bonchev–Trinajstić information content (AvgIpc) is 3.54. The van der Waals surface area contributed by atoms with E-state index < -0.39 is 0 Å². The van der Waals surface area contributed by atoms with Crippen LogP contribution >= 0.6 is 11.6 Å². The highest BCUT2D eigenvalue weighted by atomic mass is 35.5. The second-order valence-corrected chi connectivity index (χ2v) is 8.93. The van der Waals surface area contributed by atoms with E-state index in [1.54, 1.807) is 6.07 Å². The van der Waals surface area contributed by atoms with Crippen molar-refractivity contribution < 1.29 is 4.79 Å². The van der Waals surface area contributed by atoms with Crippen molar-refractivity contribution in [2.75, 3.05) is 18.0 Å². The summed E-state index contributed by atoms with van der Waals surface area (Å²) in [4.78, 5) is 15.2. The first-order valence-corrected chi connectivity index (χ1v) is 10.1. The zero-order chi connectivity index (χ0) is 18.3. The Balaban J connectivity index is 1.40. The van der Waals surface area contributed by atoms with Crippen molar-refractivity contribution in [3.63, 3.8) is 0 Å². The van der Waals surface area contributed by atoms with Crippen LogP contribution in [0.5, 0.6) is 0 Å². The molecular weight excluding hydrogens is 346 g/mol. The third-order valence-electron chi connectivity index (χ3n) is 6.39. The molecular formula is C21H26ClN3O. The van der Waals surface area contributed by atoms with Crippen molar-refractivity contribution in [3.8, 4) is 6.07 Å². The number of nitrogens with one attached hydrogen (secondary N) is 1. The highest BCUT2D eigenvalue weighted by Crippen LogP contribution is 2.45. The number of hydrogen-bond donors (Lipinski definition) is 1. The minimum atomic E-state index is -0.308. The number of amides is 1. The SMILES string of the molecule is CC1(C(=O)NC(C2CC2)C2CC2)CCN(c2ccc(Cl)cc2C#N)CC1. The number of hydrogen-bond acceptors (Lipinski definition) is 3. The fourth-order valence-electron chi connectivity index (χ4n) is 4.20. The van der Waals surface area contributed by atoms with Gasteiger partial charge in [0.2, 0.25) is 5.91 Å². The lowest BCUT2D eigenvalue weighted by atomic mass is 9.79. The Morgan fingerprint density at radius 1 is 1.27 bits per heavy atom. The number of benzene rings is 1. The summed E-state index contributed by atoms with van der Waals surface area (Å²) in [6.07, 6.45) is 6.74. The molecule has 1 aromatic rings. The van der Waals surface area contributed by atoms with Gasteiger partial charge in [-0.2, -0.15) is 5.26 Å². The number of nitrogens with zero attached hydrogens (tertiary/aromatic N) is 2. The second kappa shape index (κ2) is 6.78. The van der Waals surface area contributed by atoms with Gasteiger partial charge in [0.25, 0.3) is 0 Å². The van der Waals surface area contributed by atoms with E-state index in [0.29, 0.717) is 16.6 Å². The maximum Gasteiger partial charge on any atom is 0.226 e. The van der Waals surface area contributed by atoms with Gasteiger partial charge in [-0.3, -0.25) is 4.79 Å². The summed E-state index contributed by atoms with van der Waals surface area (Å²) in [6, 6.07) is 8.11. The number of halogens is 1. The van der Waals surface area contributed by atoms with Crippen molar-refractivity contribution in [1.29, 1.82) is 5.26 Å². The van der Waals surface area contributed by atoms with E-state index in [4.69, 9.17) is 11.6 Å². The van der Waals surface area contributed by atoms with E-state index in [0.717, 1.165) is 43.5 Å². The fourth-order valence-corrected chi connectivity index (χ4v) is 4.37. The fraction of sp³-hybridized carbons (Fsp3) is 0.619. The number of piperidine rings is 1. The van der Waals surface area contributed by atoms with Gasteiger partial charge in [0.1, 0.15) is 6.07 Å². The van der Waals surface area contributed by atoms with Gasteiger partial charge in [0.05, 0.1) is 11.3 Å². The Morgan fingerprint density at radius 2 is 1.88 bits per heavy atom. The molecule has 0 unspecified atom stereocenters. The first kappa shape index (κ1) is 17.7. The minimum Gasteiger partial charge on any atom is -0.370 e. The molecule has 1 N–H and O–H groups in total. The molecule has 1 heterocycles. The van der Waals surface area contributed by atoms with E-state index in [9.17, 15) is 10.1 Å². The molecule has 4 rings (SSSR count). The van der Waals surface area contributed by atoms with E-state index in [1.807, 2.05) is 12.1 Å². The largest absolute Gasteiger partial charge is 0.370 e. The van der Waals surface area contributed by atoms with Crippen LogP contribution in [-0.4, -0.2) is 25.0 Å². The molecule has 1 amide bonds. The third-order valence-corrected chi connectivity index (χ3v) is 6.63. The molecule has 3 fully saturated rings. The Kier molecular flexibility index (Phi) is 4.61. The van der Waals surface area contributed by atoms with Crippen molar-refractivity contribution in [2.24, 2.45) is 17.3 Å². The van der Waals surface area contributed by atoms with Gasteiger partial charge in [0, 0.05) is 29.6 Å². The number of carbonyl (C=O) groups is 1. The maximum absolute atomic E-state index is 13.0. The summed E-state index contributed by atoms with van der Waals surface area (Å²) in [5.41, 5.74) is 1.22. The van der Waals surface area contributed by atoms with Crippen LogP contribution in [-0.2, 0) is 4.79 Å². The van der Waals surface area contributed by atoms with Crippen molar-refractivity contribution in [3.05, 3.63) is 28.8 Å².